The molecule has 98 valence electrons. The van der Waals surface area contributed by atoms with Gasteiger partial charge in [0.1, 0.15) is 5.82 Å². The van der Waals surface area contributed by atoms with Crippen molar-refractivity contribution in [2.75, 3.05) is 19.0 Å². The zero-order valence-corrected chi connectivity index (χ0v) is 10.6. The molecular formula is C11H16N4O3. The van der Waals surface area contributed by atoms with E-state index >= 15 is 0 Å². The molecular weight excluding hydrogens is 236 g/mol. The molecule has 18 heavy (non-hydrogen) atoms. The molecule has 0 bridgehead atoms. The molecule has 0 unspecified atom stereocenters. The monoisotopic (exact) mass is 252 g/mol. The number of nitro groups is 1. The summed E-state index contributed by atoms with van der Waals surface area (Å²) in [4.78, 5) is 18.7. The molecule has 0 aromatic carbocycles. The first-order valence-electron chi connectivity index (χ1n) is 5.46. The van der Waals surface area contributed by atoms with Crippen molar-refractivity contribution in [2.45, 2.75) is 19.8 Å². The van der Waals surface area contributed by atoms with Gasteiger partial charge in [-0.3, -0.25) is 10.1 Å². The zero-order chi connectivity index (χ0) is 13.7. The van der Waals surface area contributed by atoms with Crippen molar-refractivity contribution < 1.29 is 9.66 Å². The topological polar surface area (TPSA) is 90.2 Å². The van der Waals surface area contributed by atoms with Gasteiger partial charge in [0.15, 0.2) is 0 Å². The first kappa shape index (κ1) is 13.9. The van der Waals surface area contributed by atoms with E-state index in [0.29, 0.717) is 12.4 Å². The fourth-order valence-corrected chi connectivity index (χ4v) is 1.31. The number of nitrogens with zero attached hydrogens (tertiary/aromatic N) is 3. The number of anilines is 1. The van der Waals surface area contributed by atoms with Gasteiger partial charge in [-0.25, -0.2) is 4.98 Å². The fraction of sp³-hybridized carbons (Fsp3) is 0.455. The van der Waals surface area contributed by atoms with Crippen molar-refractivity contribution in [3.63, 3.8) is 0 Å². The molecule has 0 aliphatic carbocycles. The third-order valence-corrected chi connectivity index (χ3v) is 2.18. The molecule has 7 nitrogen and oxygen atoms in total. The Bertz CT molecular complexity index is 460. The maximum atomic E-state index is 11.0. The second-order valence-electron chi connectivity index (χ2n) is 3.87. The summed E-state index contributed by atoms with van der Waals surface area (Å²) >= 11 is 0. The molecule has 0 saturated carbocycles. The molecule has 0 fully saturated rings. The van der Waals surface area contributed by atoms with E-state index < -0.39 is 4.92 Å². The second-order valence-corrected chi connectivity index (χ2v) is 3.87. The van der Waals surface area contributed by atoms with Crippen molar-refractivity contribution in [1.29, 1.82) is 0 Å². The Morgan fingerprint density at radius 1 is 1.56 bits per heavy atom. The Balaban J connectivity index is 3.36. The van der Waals surface area contributed by atoms with Gasteiger partial charge in [-0.2, -0.15) is 4.98 Å². The molecule has 1 heterocycles. The first-order valence-corrected chi connectivity index (χ1v) is 5.46. The van der Waals surface area contributed by atoms with Crippen molar-refractivity contribution in [1.82, 2.24) is 9.97 Å². The predicted molar refractivity (Wildman–Crippen MR) is 68.0 cm³/mol. The van der Waals surface area contributed by atoms with Crippen LogP contribution in [0.3, 0.4) is 0 Å². The lowest BCUT2D eigenvalue weighted by atomic mass is 10.2. The predicted octanol–water partition coefficient (Wildman–Crippen LogP) is 2.11. The normalized spacial score (nSPS) is 10.2. The summed E-state index contributed by atoms with van der Waals surface area (Å²) in [6, 6.07) is 0. The number of hydrogen-bond donors (Lipinski definition) is 1. The van der Waals surface area contributed by atoms with E-state index in [2.05, 4.69) is 21.9 Å². The van der Waals surface area contributed by atoms with Gasteiger partial charge in [0, 0.05) is 12.5 Å². The van der Waals surface area contributed by atoms with Gasteiger partial charge in [0.2, 0.25) is 5.82 Å². The molecule has 0 aliphatic rings. The average Bonchev–Trinajstić information content (AvgIpc) is 2.34. The highest BCUT2D eigenvalue weighted by atomic mass is 16.6. The summed E-state index contributed by atoms with van der Waals surface area (Å²) in [7, 11) is 1.34. The van der Waals surface area contributed by atoms with Crippen LogP contribution < -0.4 is 10.1 Å². The number of rotatable bonds is 6. The van der Waals surface area contributed by atoms with E-state index in [9.17, 15) is 10.1 Å². The smallest absolute Gasteiger partial charge is 0.372 e. The van der Waals surface area contributed by atoms with Crippen LogP contribution in [-0.4, -0.2) is 28.5 Å². The number of methoxy groups -OCH3 is 1. The van der Waals surface area contributed by atoms with Gasteiger partial charge in [0.05, 0.1) is 12.0 Å². The summed E-state index contributed by atoms with van der Waals surface area (Å²) in [5, 5.41) is 13.8. The van der Waals surface area contributed by atoms with E-state index in [-0.39, 0.29) is 23.3 Å². The minimum atomic E-state index is -0.561. The quantitative estimate of drug-likeness (QED) is 0.473. The molecule has 0 saturated heterocycles. The molecule has 0 aliphatic heterocycles. The summed E-state index contributed by atoms with van der Waals surface area (Å²) in [5.41, 5.74) is -0.260. The standard InChI is InChI=1S/C11H16N4O3/c1-5-6-12-10-8(15(16)17)11(18-4)14-9(13-10)7(2)3/h5,7H,1,6H2,2-4H3,(H,12,13,14). The third kappa shape index (κ3) is 2.93. The Hall–Kier alpha value is -2.18. The Morgan fingerprint density at radius 2 is 2.22 bits per heavy atom. The molecule has 1 aromatic rings. The average molecular weight is 252 g/mol. The van der Waals surface area contributed by atoms with Crippen LogP contribution in [0.2, 0.25) is 0 Å². The van der Waals surface area contributed by atoms with Gasteiger partial charge in [-0.05, 0) is 0 Å². The SMILES string of the molecule is C=CCNc1nc(C(C)C)nc(OC)c1[N+](=O)[O-]. The number of ether oxygens (including phenoxy) is 1. The van der Waals surface area contributed by atoms with Crippen LogP contribution in [0.5, 0.6) is 5.88 Å². The second kappa shape index (κ2) is 5.95. The molecule has 0 spiro atoms. The van der Waals surface area contributed by atoms with Crippen LogP contribution >= 0.6 is 0 Å². The van der Waals surface area contributed by atoms with E-state index in [4.69, 9.17) is 4.74 Å². The third-order valence-electron chi connectivity index (χ3n) is 2.18. The van der Waals surface area contributed by atoms with E-state index in [1.54, 1.807) is 6.08 Å². The van der Waals surface area contributed by atoms with Gasteiger partial charge < -0.3 is 10.1 Å². The summed E-state index contributed by atoms with van der Waals surface area (Å²) in [6.07, 6.45) is 1.59. The number of hydrogen-bond acceptors (Lipinski definition) is 6. The maximum absolute atomic E-state index is 11.0. The highest BCUT2D eigenvalue weighted by Crippen LogP contribution is 2.32. The molecule has 1 rings (SSSR count). The molecule has 0 amide bonds. The Labute approximate surface area is 105 Å². The minimum absolute atomic E-state index is 0.0368. The fourth-order valence-electron chi connectivity index (χ4n) is 1.31. The van der Waals surface area contributed by atoms with E-state index in [1.807, 2.05) is 13.8 Å². The van der Waals surface area contributed by atoms with Crippen LogP contribution in [-0.2, 0) is 0 Å². The lowest BCUT2D eigenvalue weighted by Gasteiger charge is -2.10. The van der Waals surface area contributed by atoms with Crippen LogP contribution in [0, 0.1) is 10.1 Å². The van der Waals surface area contributed by atoms with Crippen molar-refractivity contribution in [3.8, 4) is 5.88 Å². The number of aromatic nitrogens is 2. The molecule has 0 atom stereocenters. The van der Waals surface area contributed by atoms with Gasteiger partial charge >= 0.3 is 5.69 Å². The number of nitrogens with one attached hydrogen (secondary N) is 1. The summed E-state index contributed by atoms with van der Waals surface area (Å²) in [5.74, 6) is 0.647. The molecule has 0 radical (unpaired) electrons. The molecule has 7 heteroatoms. The van der Waals surface area contributed by atoms with Crippen LogP contribution in [0.1, 0.15) is 25.6 Å². The summed E-state index contributed by atoms with van der Waals surface area (Å²) < 4.78 is 4.96. The van der Waals surface area contributed by atoms with Crippen molar-refractivity contribution in [2.24, 2.45) is 0 Å². The van der Waals surface area contributed by atoms with Crippen LogP contribution in [0.15, 0.2) is 12.7 Å². The largest absolute Gasteiger partial charge is 0.476 e. The minimum Gasteiger partial charge on any atom is -0.476 e. The first-order chi connectivity index (χ1) is 8.51. The highest BCUT2D eigenvalue weighted by molar-refractivity contribution is 5.62. The Morgan fingerprint density at radius 3 is 2.67 bits per heavy atom. The summed E-state index contributed by atoms with van der Waals surface area (Å²) in [6.45, 7) is 7.72. The van der Waals surface area contributed by atoms with E-state index in [0.717, 1.165) is 0 Å². The van der Waals surface area contributed by atoms with Crippen molar-refractivity contribution in [3.05, 3.63) is 28.6 Å². The zero-order valence-electron chi connectivity index (χ0n) is 10.6. The molecule has 1 N–H and O–H groups in total. The van der Waals surface area contributed by atoms with Gasteiger partial charge in [-0.1, -0.05) is 19.9 Å². The highest BCUT2D eigenvalue weighted by Gasteiger charge is 2.26. The lowest BCUT2D eigenvalue weighted by molar-refractivity contribution is -0.385. The van der Waals surface area contributed by atoms with Crippen LogP contribution in [0.4, 0.5) is 11.5 Å². The van der Waals surface area contributed by atoms with Gasteiger partial charge in [-0.15, -0.1) is 6.58 Å². The van der Waals surface area contributed by atoms with E-state index in [1.165, 1.54) is 7.11 Å². The van der Waals surface area contributed by atoms with Crippen molar-refractivity contribution >= 4 is 11.5 Å². The van der Waals surface area contributed by atoms with Crippen LogP contribution in [0.25, 0.3) is 0 Å². The Kier molecular flexibility index (Phi) is 4.59. The molecule has 1 aromatic heterocycles. The van der Waals surface area contributed by atoms with Gasteiger partial charge in [0.25, 0.3) is 5.88 Å². The maximum Gasteiger partial charge on any atom is 0.372 e. The lowest BCUT2D eigenvalue weighted by Crippen LogP contribution is -2.10.